The van der Waals surface area contributed by atoms with Crippen molar-refractivity contribution in [2.75, 3.05) is 6.54 Å². The van der Waals surface area contributed by atoms with E-state index in [9.17, 15) is 4.79 Å². The summed E-state index contributed by atoms with van der Waals surface area (Å²) in [5.74, 6) is 0.789. The molecule has 0 saturated carbocycles. The molecule has 0 atom stereocenters. The molecule has 2 aromatic rings. The van der Waals surface area contributed by atoms with Crippen molar-refractivity contribution in [1.29, 1.82) is 0 Å². The molecule has 3 rings (SSSR count). The van der Waals surface area contributed by atoms with Gasteiger partial charge in [-0.25, -0.2) is 4.98 Å². The molecule has 3 heterocycles. The van der Waals surface area contributed by atoms with Crippen LogP contribution in [0.3, 0.4) is 0 Å². The number of H-pyrrole nitrogens is 1. The summed E-state index contributed by atoms with van der Waals surface area (Å²) in [6.45, 7) is 8.78. The van der Waals surface area contributed by atoms with Crippen LogP contribution in [0.2, 0.25) is 0 Å². The van der Waals surface area contributed by atoms with Gasteiger partial charge in [-0.3, -0.25) is 9.69 Å². The van der Waals surface area contributed by atoms with E-state index in [4.69, 9.17) is 4.98 Å². The van der Waals surface area contributed by atoms with Gasteiger partial charge in [0, 0.05) is 31.5 Å². The van der Waals surface area contributed by atoms with E-state index >= 15 is 0 Å². The highest BCUT2D eigenvalue weighted by atomic mass is 32.1. The lowest BCUT2D eigenvalue weighted by molar-refractivity contribution is 0.241. The molecule has 0 saturated heterocycles. The molecule has 0 fully saturated rings. The lowest BCUT2D eigenvalue weighted by Crippen LogP contribution is -2.37. The maximum atomic E-state index is 12.4. The number of hydrogen-bond acceptors (Lipinski definition) is 4. The second kappa shape index (κ2) is 5.39. The van der Waals surface area contributed by atoms with Crippen molar-refractivity contribution in [2.24, 2.45) is 0 Å². The van der Waals surface area contributed by atoms with Crippen molar-refractivity contribution in [2.45, 2.75) is 45.7 Å². The quantitative estimate of drug-likeness (QED) is 0.928. The highest BCUT2D eigenvalue weighted by Crippen LogP contribution is 2.21. The van der Waals surface area contributed by atoms with Gasteiger partial charge < -0.3 is 4.98 Å². The van der Waals surface area contributed by atoms with Crippen molar-refractivity contribution in [3.8, 4) is 0 Å². The molecule has 0 aliphatic carbocycles. The van der Waals surface area contributed by atoms with Gasteiger partial charge >= 0.3 is 0 Å². The van der Waals surface area contributed by atoms with Crippen molar-refractivity contribution in [1.82, 2.24) is 14.9 Å². The van der Waals surface area contributed by atoms with Gasteiger partial charge in [0.2, 0.25) is 0 Å². The Bertz CT molecular complexity index is 683. The third-order valence-corrected chi connectivity index (χ3v) is 4.58. The number of hydrogen-bond donors (Lipinski definition) is 1. The van der Waals surface area contributed by atoms with Crippen LogP contribution >= 0.6 is 11.3 Å². The lowest BCUT2D eigenvalue weighted by atomic mass is 9.95. The van der Waals surface area contributed by atoms with E-state index in [1.807, 2.05) is 0 Å². The molecular formula is C16H21N3OS. The Morgan fingerprint density at radius 1 is 1.43 bits per heavy atom. The number of nitrogens with zero attached hydrogens (tertiary/aromatic N) is 2. The van der Waals surface area contributed by atoms with Crippen LogP contribution in [0.4, 0.5) is 0 Å². The summed E-state index contributed by atoms with van der Waals surface area (Å²) < 4.78 is 0. The third-order valence-electron chi connectivity index (χ3n) is 3.84. The average molecular weight is 303 g/mol. The van der Waals surface area contributed by atoms with Crippen molar-refractivity contribution in [3.05, 3.63) is 49.8 Å². The number of rotatable bonds is 2. The summed E-state index contributed by atoms with van der Waals surface area (Å²) in [5, 5.41) is 4.26. The predicted octanol–water partition coefficient (Wildman–Crippen LogP) is 2.69. The fraction of sp³-hybridized carbons (Fsp3) is 0.500. The fourth-order valence-corrected chi connectivity index (χ4v) is 3.27. The number of aromatic nitrogens is 2. The van der Waals surface area contributed by atoms with Crippen LogP contribution in [-0.4, -0.2) is 21.4 Å². The molecule has 4 nitrogen and oxygen atoms in total. The van der Waals surface area contributed by atoms with Crippen molar-refractivity contribution in [3.63, 3.8) is 0 Å². The second-order valence-electron chi connectivity index (χ2n) is 6.68. The molecule has 0 radical (unpaired) electrons. The molecule has 1 aliphatic heterocycles. The molecule has 0 spiro atoms. The van der Waals surface area contributed by atoms with Crippen LogP contribution in [-0.2, 0) is 24.9 Å². The number of fused-ring (bicyclic) bond motifs is 1. The Morgan fingerprint density at radius 2 is 2.24 bits per heavy atom. The molecule has 0 aromatic carbocycles. The minimum atomic E-state index is -0.123. The van der Waals surface area contributed by atoms with E-state index in [0.717, 1.165) is 36.6 Å². The first-order valence-corrected chi connectivity index (χ1v) is 8.24. The Morgan fingerprint density at radius 3 is 2.90 bits per heavy atom. The smallest absolute Gasteiger partial charge is 0.255 e. The number of nitrogens with one attached hydrogen (secondary N) is 1. The Kier molecular flexibility index (Phi) is 3.71. The van der Waals surface area contributed by atoms with Crippen LogP contribution in [0.1, 0.15) is 43.4 Å². The van der Waals surface area contributed by atoms with E-state index in [0.29, 0.717) is 6.54 Å². The molecule has 5 heteroatoms. The van der Waals surface area contributed by atoms with E-state index in [1.165, 1.54) is 5.56 Å². The highest BCUT2D eigenvalue weighted by molar-refractivity contribution is 7.07. The Hall–Kier alpha value is -1.46. The molecule has 21 heavy (non-hydrogen) atoms. The van der Waals surface area contributed by atoms with Gasteiger partial charge in [-0.2, -0.15) is 11.3 Å². The molecule has 2 aromatic heterocycles. The Balaban J connectivity index is 1.85. The minimum Gasteiger partial charge on any atom is -0.310 e. The number of aromatic amines is 1. The summed E-state index contributed by atoms with van der Waals surface area (Å²) in [4.78, 5) is 22.3. The molecule has 1 aliphatic rings. The first-order valence-electron chi connectivity index (χ1n) is 7.29. The average Bonchev–Trinajstić information content (AvgIpc) is 2.91. The van der Waals surface area contributed by atoms with Crippen LogP contribution < -0.4 is 5.56 Å². The van der Waals surface area contributed by atoms with E-state index in [-0.39, 0.29) is 11.0 Å². The normalized spacial score (nSPS) is 16.0. The summed E-state index contributed by atoms with van der Waals surface area (Å²) in [5.41, 5.74) is 3.04. The molecule has 0 unspecified atom stereocenters. The van der Waals surface area contributed by atoms with Crippen LogP contribution in [0.15, 0.2) is 21.6 Å². The summed E-state index contributed by atoms with van der Waals surface area (Å²) in [7, 11) is 0. The summed E-state index contributed by atoms with van der Waals surface area (Å²) >= 11 is 1.71. The maximum absolute atomic E-state index is 12.4. The monoisotopic (exact) mass is 303 g/mol. The second-order valence-corrected chi connectivity index (χ2v) is 7.46. The zero-order valence-corrected chi connectivity index (χ0v) is 13.6. The van der Waals surface area contributed by atoms with Crippen LogP contribution in [0, 0.1) is 0 Å². The van der Waals surface area contributed by atoms with Crippen LogP contribution in [0.5, 0.6) is 0 Å². The topological polar surface area (TPSA) is 49.0 Å². The van der Waals surface area contributed by atoms with Crippen molar-refractivity contribution < 1.29 is 0 Å². The largest absolute Gasteiger partial charge is 0.310 e. The van der Waals surface area contributed by atoms with Gasteiger partial charge in [0.05, 0.1) is 11.3 Å². The minimum absolute atomic E-state index is 0.0277. The zero-order valence-electron chi connectivity index (χ0n) is 12.8. The van der Waals surface area contributed by atoms with Gasteiger partial charge in [-0.05, 0) is 22.4 Å². The first kappa shape index (κ1) is 14.5. The molecule has 1 N–H and O–H groups in total. The zero-order chi connectivity index (χ0) is 15.0. The maximum Gasteiger partial charge on any atom is 0.255 e. The van der Waals surface area contributed by atoms with Crippen LogP contribution in [0.25, 0.3) is 0 Å². The van der Waals surface area contributed by atoms with E-state index in [1.54, 1.807) is 11.3 Å². The van der Waals surface area contributed by atoms with Gasteiger partial charge in [0.1, 0.15) is 5.82 Å². The molecule has 0 amide bonds. The van der Waals surface area contributed by atoms with Gasteiger partial charge in [-0.1, -0.05) is 20.8 Å². The van der Waals surface area contributed by atoms with E-state index in [2.05, 4.69) is 47.5 Å². The first-order chi connectivity index (χ1) is 9.93. The summed E-state index contributed by atoms with van der Waals surface area (Å²) in [6.07, 6.45) is 0.854. The van der Waals surface area contributed by atoms with E-state index < -0.39 is 0 Å². The predicted molar refractivity (Wildman–Crippen MR) is 85.7 cm³/mol. The Labute approximate surface area is 128 Å². The standard InChI is InChI=1S/C16H21N3OS/c1-16(2,3)15-17-13-4-6-19(8-11-5-7-21-10-11)9-12(13)14(20)18-15/h5,7,10H,4,6,8-9H2,1-3H3,(H,17,18,20). The third kappa shape index (κ3) is 3.09. The van der Waals surface area contributed by atoms with Gasteiger partial charge in [0.15, 0.2) is 0 Å². The summed E-state index contributed by atoms with van der Waals surface area (Å²) in [6, 6.07) is 2.14. The molecule has 112 valence electrons. The lowest BCUT2D eigenvalue weighted by Gasteiger charge is -2.28. The number of thiophene rings is 1. The highest BCUT2D eigenvalue weighted by Gasteiger charge is 2.24. The SMILES string of the molecule is CC(C)(C)c1nc2c(c(=O)[nH]1)CN(Cc1ccsc1)CC2. The molecule has 0 bridgehead atoms. The fourth-order valence-electron chi connectivity index (χ4n) is 2.61. The van der Waals surface area contributed by atoms with Gasteiger partial charge in [0.25, 0.3) is 5.56 Å². The van der Waals surface area contributed by atoms with Gasteiger partial charge in [-0.15, -0.1) is 0 Å². The molecular weight excluding hydrogens is 282 g/mol. The van der Waals surface area contributed by atoms with Crippen molar-refractivity contribution >= 4 is 11.3 Å².